The number of aromatic nitrogens is 2. The maximum Gasteiger partial charge on any atom is 0.331 e. The number of H-pyrrole nitrogens is 1. The summed E-state index contributed by atoms with van der Waals surface area (Å²) in [5.41, 5.74) is -4.08. The number of para-hydroxylation sites is 1. The molecule has 1 aliphatic heterocycles. The Morgan fingerprint density at radius 1 is 1.28 bits per heavy atom. The molecule has 0 aliphatic carbocycles. The minimum absolute atomic E-state index is 0.255. The van der Waals surface area contributed by atoms with E-state index in [1.165, 1.54) is 6.92 Å². The van der Waals surface area contributed by atoms with E-state index in [0.717, 1.165) is 28.6 Å². The number of alkyl halides is 1. The van der Waals surface area contributed by atoms with Crippen LogP contribution in [0.2, 0.25) is 0 Å². The van der Waals surface area contributed by atoms with Crippen LogP contribution in [0.15, 0.2) is 52.2 Å². The summed E-state index contributed by atoms with van der Waals surface area (Å²) in [5, 5.41) is 10.6. The molecule has 0 saturated carbocycles. The lowest BCUT2D eigenvalue weighted by Gasteiger charge is -2.28. The molecule has 2 aromatic rings. The molecule has 0 radical (unpaired) electrons. The van der Waals surface area contributed by atoms with Gasteiger partial charge in [0.05, 0.1) is 12.7 Å². The highest BCUT2D eigenvalue weighted by atomic mass is 31.1. The van der Waals surface area contributed by atoms with Gasteiger partial charge in [-0.1, -0.05) is 23.0 Å². The molecule has 1 saturated heterocycles. The number of hydrogen-bond donors (Lipinski definition) is 2. The highest BCUT2D eigenvalue weighted by molar-refractivity contribution is 7.36. The van der Waals surface area contributed by atoms with E-state index in [1.807, 2.05) is 4.98 Å². The Hall–Kier alpha value is -2.83. The van der Waals surface area contributed by atoms with Gasteiger partial charge in [0.15, 0.2) is 11.9 Å². The SMILES string of the molecule is CC(C)OC(=O)[C@@H](C)N(OC[C@H]1O[C@@H](n2ccc(=O)[nH]c2=O)[C@](C)(F)[C@@H]1O)[PH](=O)Oc1ccccc1. The van der Waals surface area contributed by atoms with Gasteiger partial charge in [-0.25, -0.2) is 9.18 Å². The van der Waals surface area contributed by atoms with Crippen LogP contribution in [0.1, 0.15) is 33.9 Å². The maximum atomic E-state index is 15.4. The molecule has 2 heterocycles. The van der Waals surface area contributed by atoms with Gasteiger partial charge in [-0.05, 0) is 39.8 Å². The molecule has 1 fully saturated rings. The molecular formula is C22H29FN3O9P. The number of rotatable bonds is 10. The quantitative estimate of drug-likeness (QED) is 0.264. The number of nitrogens with zero attached hydrogens (tertiary/aromatic N) is 2. The van der Waals surface area contributed by atoms with Gasteiger partial charge < -0.3 is 19.1 Å². The van der Waals surface area contributed by atoms with Gasteiger partial charge in [0.2, 0.25) is 0 Å². The van der Waals surface area contributed by atoms with Gasteiger partial charge in [-0.15, -0.1) is 0 Å². The third-order valence-corrected chi connectivity index (χ3v) is 6.66. The number of carbonyl (C=O) groups excluding carboxylic acids is 1. The number of ether oxygens (including phenoxy) is 2. The second kappa shape index (κ2) is 11.5. The molecule has 3 rings (SSSR count). The molecule has 0 spiro atoms. The summed E-state index contributed by atoms with van der Waals surface area (Å²) < 4.78 is 45.4. The predicted molar refractivity (Wildman–Crippen MR) is 125 cm³/mol. The van der Waals surface area contributed by atoms with E-state index in [4.69, 9.17) is 18.8 Å². The van der Waals surface area contributed by atoms with Crippen LogP contribution in [0, 0.1) is 0 Å². The van der Waals surface area contributed by atoms with E-state index in [1.54, 1.807) is 44.2 Å². The number of aromatic amines is 1. The average Bonchev–Trinajstić information content (AvgIpc) is 3.03. The van der Waals surface area contributed by atoms with E-state index >= 15 is 4.39 Å². The van der Waals surface area contributed by atoms with Crippen molar-refractivity contribution in [2.24, 2.45) is 0 Å². The normalized spacial score (nSPS) is 25.6. The smallest absolute Gasteiger partial charge is 0.331 e. The Morgan fingerprint density at radius 3 is 2.56 bits per heavy atom. The highest BCUT2D eigenvalue weighted by Crippen LogP contribution is 2.41. The molecule has 0 amide bonds. The number of hydroxylamine groups is 1. The summed E-state index contributed by atoms with van der Waals surface area (Å²) in [6.07, 6.45) is -4.13. The zero-order valence-electron chi connectivity index (χ0n) is 20.1. The Morgan fingerprint density at radius 2 is 1.94 bits per heavy atom. The minimum Gasteiger partial charge on any atom is -0.462 e. The Kier molecular flexibility index (Phi) is 8.85. The summed E-state index contributed by atoms with van der Waals surface area (Å²) in [5.74, 6) is -0.494. The molecular weight excluding hydrogens is 500 g/mol. The maximum absolute atomic E-state index is 15.4. The molecule has 198 valence electrons. The van der Waals surface area contributed by atoms with Gasteiger partial charge in [-0.3, -0.25) is 28.5 Å². The lowest BCUT2D eigenvalue weighted by atomic mass is 9.98. The summed E-state index contributed by atoms with van der Waals surface area (Å²) in [4.78, 5) is 44.3. The van der Waals surface area contributed by atoms with Crippen molar-refractivity contribution in [2.45, 2.75) is 63.9 Å². The number of hydrogen-bond acceptors (Lipinski definition) is 9. The lowest BCUT2D eigenvalue weighted by molar-refractivity contribution is -0.183. The number of aliphatic hydroxyl groups is 1. The first-order valence-electron chi connectivity index (χ1n) is 11.1. The van der Waals surface area contributed by atoms with Crippen LogP contribution in [-0.2, 0) is 23.7 Å². The highest BCUT2D eigenvalue weighted by Gasteiger charge is 2.55. The summed E-state index contributed by atoms with van der Waals surface area (Å²) >= 11 is 0. The fourth-order valence-electron chi connectivity index (χ4n) is 3.50. The molecule has 36 heavy (non-hydrogen) atoms. The van der Waals surface area contributed by atoms with Gasteiger partial charge in [0, 0.05) is 12.3 Å². The van der Waals surface area contributed by atoms with E-state index in [-0.39, 0.29) is 5.75 Å². The van der Waals surface area contributed by atoms with Crippen LogP contribution in [-0.4, -0.2) is 62.1 Å². The first kappa shape index (κ1) is 27.8. The van der Waals surface area contributed by atoms with Crippen LogP contribution in [0.3, 0.4) is 0 Å². The minimum atomic E-state index is -3.24. The fourth-order valence-corrected chi connectivity index (χ4v) is 4.53. The van der Waals surface area contributed by atoms with Crippen LogP contribution in [0.5, 0.6) is 5.75 Å². The molecule has 1 aromatic heterocycles. The Labute approximate surface area is 206 Å². The van der Waals surface area contributed by atoms with Crippen molar-refractivity contribution in [3.8, 4) is 5.75 Å². The van der Waals surface area contributed by atoms with Crippen molar-refractivity contribution in [3.05, 3.63) is 63.4 Å². The largest absolute Gasteiger partial charge is 0.462 e. The van der Waals surface area contributed by atoms with Crippen LogP contribution in [0.4, 0.5) is 4.39 Å². The van der Waals surface area contributed by atoms with E-state index in [2.05, 4.69) is 0 Å². The number of halogens is 1. The molecule has 0 bridgehead atoms. The fraction of sp³-hybridized carbons (Fsp3) is 0.500. The van der Waals surface area contributed by atoms with E-state index in [0.29, 0.717) is 0 Å². The number of esters is 1. The van der Waals surface area contributed by atoms with Crippen molar-refractivity contribution >= 4 is 14.1 Å². The van der Waals surface area contributed by atoms with Crippen molar-refractivity contribution in [3.63, 3.8) is 0 Å². The predicted octanol–water partition coefficient (Wildman–Crippen LogP) is 1.57. The van der Waals surface area contributed by atoms with Gasteiger partial charge in [-0.2, -0.15) is 0 Å². The van der Waals surface area contributed by atoms with Crippen molar-refractivity contribution < 1.29 is 37.7 Å². The number of carbonyl (C=O) groups is 1. The third-order valence-electron chi connectivity index (χ3n) is 5.37. The topological polar surface area (TPSA) is 149 Å². The Bertz CT molecular complexity index is 1190. The van der Waals surface area contributed by atoms with Gasteiger partial charge in [0.1, 0.15) is 24.0 Å². The van der Waals surface area contributed by atoms with E-state index < -0.39 is 68.3 Å². The first-order valence-corrected chi connectivity index (χ1v) is 12.4. The van der Waals surface area contributed by atoms with Crippen molar-refractivity contribution in [2.75, 3.05) is 6.61 Å². The van der Waals surface area contributed by atoms with Gasteiger partial charge in [0.25, 0.3) is 5.56 Å². The molecule has 6 atom stereocenters. The van der Waals surface area contributed by atoms with E-state index in [9.17, 15) is 24.1 Å². The first-order chi connectivity index (χ1) is 16.9. The molecule has 12 nitrogen and oxygen atoms in total. The zero-order valence-corrected chi connectivity index (χ0v) is 21.1. The van der Waals surface area contributed by atoms with Crippen molar-refractivity contribution in [1.29, 1.82) is 0 Å². The second-order valence-corrected chi connectivity index (χ2v) is 9.78. The molecule has 1 unspecified atom stereocenters. The summed E-state index contributed by atoms with van der Waals surface area (Å²) in [7, 11) is -3.24. The molecule has 14 heteroatoms. The van der Waals surface area contributed by atoms with Crippen molar-refractivity contribution in [1.82, 2.24) is 14.4 Å². The summed E-state index contributed by atoms with van der Waals surface area (Å²) in [6.45, 7) is 5.15. The number of benzene rings is 1. The van der Waals surface area contributed by atoms with Crippen LogP contribution >= 0.6 is 8.18 Å². The number of aliphatic hydroxyl groups excluding tert-OH is 1. The van der Waals surface area contributed by atoms with Crippen LogP contribution < -0.4 is 15.8 Å². The summed E-state index contributed by atoms with van der Waals surface area (Å²) in [6, 6.07) is 7.98. The Balaban J connectivity index is 1.79. The molecule has 1 aliphatic rings. The average molecular weight is 529 g/mol. The second-order valence-electron chi connectivity index (χ2n) is 8.60. The number of nitrogens with one attached hydrogen (secondary N) is 1. The third kappa shape index (κ3) is 6.29. The van der Waals surface area contributed by atoms with Crippen LogP contribution in [0.25, 0.3) is 0 Å². The molecule has 2 N–H and O–H groups in total. The zero-order chi connectivity index (χ0) is 26.6. The standard InChI is InChI=1S/C22H29FN3O9P/c1-13(2)33-19(29)14(3)26(36(31)35-15-8-6-5-7-9-15)32-12-16-18(28)22(4,23)20(34-16)25-11-10-17(27)24-21(25)30/h5-11,13-14,16,18,20,28,36H,12H2,1-4H3,(H,24,27,30)/t14-,16-,18-,20-,22-/m1/s1. The monoisotopic (exact) mass is 529 g/mol. The molecule has 1 aromatic carbocycles. The lowest BCUT2D eigenvalue weighted by Crippen LogP contribution is -2.44. The van der Waals surface area contributed by atoms with Gasteiger partial charge >= 0.3 is 19.8 Å².